The van der Waals surface area contributed by atoms with E-state index in [0.717, 1.165) is 0 Å². The van der Waals surface area contributed by atoms with Crippen LogP contribution in [0.5, 0.6) is 0 Å². The number of halogens is 5. The molecule has 0 spiro atoms. The van der Waals surface area contributed by atoms with Gasteiger partial charge in [0, 0.05) is 18.1 Å². The van der Waals surface area contributed by atoms with Crippen LogP contribution in [0.3, 0.4) is 0 Å². The molecule has 0 amide bonds. The molecule has 3 aromatic rings. The lowest BCUT2D eigenvalue weighted by Gasteiger charge is -2.14. The summed E-state index contributed by atoms with van der Waals surface area (Å²) in [7, 11) is -3.97. The molecule has 14 heteroatoms. The highest BCUT2D eigenvalue weighted by atomic mass is 79.9. The Kier molecular flexibility index (Phi) is 6.71. The van der Waals surface area contributed by atoms with Crippen LogP contribution in [0.25, 0.3) is 0 Å². The second kappa shape index (κ2) is 9.11. The van der Waals surface area contributed by atoms with Crippen molar-refractivity contribution in [1.82, 2.24) is 9.97 Å². The molecule has 7 nitrogen and oxygen atoms in total. The third-order valence-corrected chi connectivity index (χ3v) is 5.91. The minimum Gasteiger partial charge on any atom is -0.332 e. The lowest BCUT2D eigenvalue weighted by molar-refractivity contribution is 0.452. The van der Waals surface area contributed by atoms with Crippen LogP contribution in [0, 0.1) is 23.3 Å². The Morgan fingerprint density at radius 1 is 0.903 bits per heavy atom. The second-order valence-corrected chi connectivity index (χ2v) is 8.61. The van der Waals surface area contributed by atoms with E-state index in [2.05, 4.69) is 35.9 Å². The number of nitrogens with zero attached hydrogens (tertiary/aromatic N) is 2. The normalized spacial score (nSPS) is 11.1. The van der Waals surface area contributed by atoms with E-state index >= 15 is 0 Å². The molecule has 2 aromatic carbocycles. The number of anilines is 3. The summed E-state index contributed by atoms with van der Waals surface area (Å²) in [6, 6.07) is 6.57. The molecule has 0 bridgehead atoms. The first-order valence-electron chi connectivity index (χ1n) is 8.09. The Hall–Kier alpha value is -2.84. The van der Waals surface area contributed by atoms with Gasteiger partial charge in [-0.15, -0.1) is 0 Å². The first-order chi connectivity index (χ1) is 14.6. The summed E-state index contributed by atoms with van der Waals surface area (Å²) in [6.45, 7) is 0. The van der Waals surface area contributed by atoms with Gasteiger partial charge in [0.1, 0.15) is 5.69 Å². The number of rotatable bonds is 5. The quantitative estimate of drug-likeness (QED) is 0.193. The molecular formula is C17H10BrF4N5O2S2. The lowest BCUT2D eigenvalue weighted by atomic mass is 10.2. The van der Waals surface area contributed by atoms with E-state index in [1.165, 1.54) is 42.7 Å². The van der Waals surface area contributed by atoms with Gasteiger partial charge in [-0.05, 0) is 58.5 Å². The smallest absolute Gasteiger partial charge is 0.264 e. The monoisotopic (exact) mass is 535 g/mol. The van der Waals surface area contributed by atoms with E-state index in [-0.39, 0.29) is 16.5 Å². The third-order valence-electron chi connectivity index (χ3n) is 3.66. The maximum absolute atomic E-state index is 13.9. The molecule has 31 heavy (non-hydrogen) atoms. The molecule has 0 fully saturated rings. The highest BCUT2D eigenvalue weighted by molar-refractivity contribution is 9.10. The second-order valence-electron chi connectivity index (χ2n) is 5.73. The summed E-state index contributed by atoms with van der Waals surface area (Å²) in [5, 5.41) is 4.16. The molecule has 1 aromatic heterocycles. The predicted molar refractivity (Wildman–Crippen MR) is 113 cm³/mol. The zero-order valence-electron chi connectivity index (χ0n) is 15.0. The summed E-state index contributed by atoms with van der Waals surface area (Å²) in [5.74, 6) is -6.73. The highest BCUT2D eigenvalue weighted by Crippen LogP contribution is 2.31. The topological polar surface area (TPSA) is 96.0 Å². The van der Waals surface area contributed by atoms with E-state index in [4.69, 9.17) is 12.2 Å². The number of thiocarbonyl (C=S) groups is 1. The molecule has 0 saturated heterocycles. The van der Waals surface area contributed by atoms with E-state index < -0.39 is 48.6 Å². The number of hydrogen-bond acceptors (Lipinski definition) is 5. The Labute approximate surface area is 187 Å². The van der Waals surface area contributed by atoms with Crippen molar-refractivity contribution in [3.63, 3.8) is 0 Å². The standard InChI is InChI=1S/C17H10BrF4N5O2S2/c18-10-11(19)13(21)15(14(22)12(10)20)26-17(30)25-8-2-4-9(5-3-8)31(28,29)27-16-23-6-1-7-24-16/h1-7H,(H,23,24,27)(H2,25,26,30). The van der Waals surface area contributed by atoms with E-state index in [1.807, 2.05) is 5.32 Å². The fourth-order valence-electron chi connectivity index (χ4n) is 2.24. The molecule has 162 valence electrons. The van der Waals surface area contributed by atoms with E-state index in [9.17, 15) is 26.0 Å². The van der Waals surface area contributed by atoms with Gasteiger partial charge in [0.15, 0.2) is 28.4 Å². The summed E-state index contributed by atoms with van der Waals surface area (Å²) in [4.78, 5) is 7.40. The van der Waals surface area contributed by atoms with Crippen LogP contribution in [0.2, 0.25) is 0 Å². The fraction of sp³-hybridized carbons (Fsp3) is 0. The Morgan fingerprint density at radius 2 is 1.45 bits per heavy atom. The van der Waals surface area contributed by atoms with Gasteiger partial charge in [0.2, 0.25) is 5.95 Å². The van der Waals surface area contributed by atoms with Gasteiger partial charge < -0.3 is 10.6 Å². The van der Waals surface area contributed by atoms with Gasteiger partial charge in [0.05, 0.1) is 9.37 Å². The average Bonchev–Trinajstić information content (AvgIpc) is 2.75. The van der Waals surface area contributed by atoms with Crippen LogP contribution in [-0.2, 0) is 10.0 Å². The van der Waals surface area contributed by atoms with Crippen LogP contribution in [0.15, 0.2) is 52.1 Å². The number of aromatic nitrogens is 2. The Morgan fingerprint density at radius 3 is 2.00 bits per heavy atom. The van der Waals surface area contributed by atoms with Crippen LogP contribution in [0.4, 0.5) is 34.9 Å². The fourth-order valence-corrected chi connectivity index (χ4v) is 3.76. The van der Waals surface area contributed by atoms with Crippen LogP contribution >= 0.6 is 28.1 Å². The maximum Gasteiger partial charge on any atom is 0.264 e. The minimum absolute atomic E-state index is 0.118. The molecule has 1 heterocycles. The molecule has 3 N–H and O–H groups in total. The zero-order valence-corrected chi connectivity index (χ0v) is 18.2. The van der Waals surface area contributed by atoms with Gasteiger partial charge in [-0.25, -0.2) is 40.7 Å². The maximum atomic E-state index is 13.9. The predicted octanol–water partition coefficient (Wildman–Crippen LogP) is 4.41. The summed E-state index contributed by atoms with van der Waals surface area (Å²) >= 11 is 7.30. The van der Waals surface area contributed by atoms with Crippen LogP contribution in [-0.4, -0.2) is 23.5 Å². The van der Waals surface area contributed by atoms with Crippen molar-refractivity contribution >= 4 is 60.6 Å². The van der Waals surface area contributed by atoms with Crippen molar-refractivity contribution in [1.29, 1.82) is 0 Å². The zero-order chi connectivity index (χ0) is 22.8. The highest BCUT2D eigenvalue weighted by Gasteiger charge is 2.24. The first-order valence-corrected chi connectivity index (χ1v) is 10.8. The summed E-state index contributed by atoms with van der Waals surface area (Å²) < 4.78 is 80.9. The van der Waals surface area contributed by atoms with Gasteiger partial charge in [-0.2, -0.15) is 0 Å². The van der Waals surface area contributed by atoms with Gasteiger partial charge in [-0.3, -0.25) is 0 Å². The Balaban J connectivity index is 1.73. The molecule has 0 atom stereocenters. The molecule has 0 aliphatic heterocycles. The molecule has 0 unspecified atom stereocenters. The van der Waals surface area contributed by atoms with E-state index in [0.29, 0.717) is 0 Å². The van der Waals surface area contributed by atoms with Crippen molar-refractivity contribution in [2.75, 3.05) is 15.4 Å². The number of benzene rings is 2. The van der Waals surface area contributed by atoms with Crippen molar-refractivity contribution < 1.29 is 26.0 Å². The van der Waals surface area contributed by atoms with Crippen molar-refractivity contribution in [3.8, 4) is 0 Å². The lowest BCUT2D eigenvalue weighted by Crippen LogP contribution is -2.22. The van der Waals surface area contributed by atoms with Crippen molar-refractivity contribution in [2.24, 2.45) is 0 Å². The molecule has 0 saturated carbocycles. The minimum atomic E-state index is -3.97. The number of nitrogens with one attached hydrogen (secondary N) is 3. The summed E-state index contributed by atoms with van der Waals surface area (Å²) in [6.07, 6.45) is 2.72. The molecule has 0 aliphatic carbocycles. The molecular weight excluding hydrogens is 526 g/mol. The van der Waals surface area contributed by atoms with Crippen LogP contribution in [0.1, 0.15) is 0 Å². The third kappa shape index (κ3) is 5.08. The van der Waals surface area contributed by atoms with Crippen molar-refractivity contribution in [3.05, 3.63) is 70.5 Å². The number of sulfonamides is 1. The van der Waals surface area contributed by atoms with E-state index in [1.54, 1.807) is 0 Å². The molecule has 0 radical (unpaired) electrons. The molecule has 0 aliphatic rings. The SMILES string of the molecule is O=S(=O)(Nc1ncccn1)c1ccc(NC(=S)Nc2c(F)c(F)c(Br)c(F)c2F)cc1. The average molecular weight is 536 g/mol. The van der Waals surface area contributed by atoms with Crippen molar-refractivity contribution in [2.45, 2.75) is 4.90 Å². The van der Waals surface area contributed by atoms with Gasteiger partial charge in [0.25, 0.3) is 10.0 Å². The number of hydrogen-bond donors (Lipinski definition) is 3. The van der Waals surface area contributed by atoms with Gasteiger partial charge in [-0.1, -0.05) is 0 Å². The largest absolute Gasteiger partial charge is 0.332 e. The Bertz CT molecular complexity index is 1220. The van der Waals surface area contributed by atoms with Gasteiger partial charge >= 0.3 is 0 Å². The first kappa shape index (κ1) is 22.8. The summed E-state index contributed by atoms with van der Waals surface area (Å²) in [5.41, 5.74) is -0.895. The molecule has 3 rings (SSSR count). The van der Waals surface area contributed by atoms with Crippen LogP contribution < -0.4 is 15.4 Å².